The first-order chi connectivity index (χ1) is 10.7. The van der Waals surface area contributed by atoms with Crippen LogP contribution < -0.4 is 5.32 Å². The normalized spacial score (nSPS) is 25.4. The second kappa shape index (κ2) is 6.30. The van der Waals surface area contributed by atoms with Gasteiger partial charge >= 0.3 is 0 Å². The molecule has 2 aromatic rings. The summed E-state index contributed by atoms with van der Waals surface area (Å²) in [6, 6.07) is 4.56. The molecule has 22 heavy (non-hydrogen) atoms. The summed E-state index contributed by atoms with van der Waals surface area (Å²) in [7, 11) is 0. The molecular formula is C17H20ClIN2O. The van der Waals surface area contributed by atoms with Crippen molar-refractivity contribution in [3.8, 4) is 0 Å². The number of nitrogens with one attached hydrogen (secondary N) is 2. The van der Waals surface area contributed by atoms with Crippen LogP contribution in [-0.4, -0.2) is 24.7 Å². The van der Waals surface area contributed by atoms with E-state index in [-0.39, 0.29) is 0 Å². The second-order valence-electron chi connectivity index (χ2n) is 6.40. The Balaban J connectivity index is 1.69. The molecule has 0 amide bonds. The molecule has 0 aliphatic carbocycles. The lowest BCUT2D eigenvalue weighted by Gasteiger charge is -2.30. The van der Waals surface area contributed by atoms with Gasteiger partial charge in [0.05, 0.1) is 5.52 Å². The van der Waals surface area contributed by atoms with E-state index in [2.05, 4.69) is 39.0 Å². The molecule has 0 radical (unpaired) electrons. The Hall–Kier alpha value is -0.300. The maximum Gasteiger partial charge on any atom is 0.0596 e. The number of rotatable bonds is 2. The third-order valence-electron chi connectivity index (χ3n) is 4.90. The van der Waals surface area contributed by atoms with E-state index in [0.29, 0.717) is 12.0 Å². The zero-order valence-corrected chi connectivity index (χ0v) is 15.3. The van der Waals surface area contributed by atoms with Crippen LogP contribution in [0.3, 0.4) is 0 Å². The molecule has 2 N–H and O–H groups in total. The van der Waals surface area contributed by atoms with Crippen molar-refractivity contribution in [3.05, 3.63) is 32.0 Å². The molecule has 0 saturated carbocycles. The van der Waals surface area contributed by atoms with Crippen molar-refractivity contribution in [1.82, 2.24) is 10.3 Å². The molecule has 0 spiro atoms. The lowest BCUT2D eigenvalue weighted by Crippen LogP contribution is -2.32. The fourth-order valence-corrected chi connectivity index (χ4v) is 5.03. The number of aromatic amines is 1. The van der Waals surface area contributed by atoms with E-state index in [1.807, 2.05) is 6.07 Å². The minimum atomic E-state index is 0.414. The van der Waals surface area contributed by atoms with Crippen molar-refractivity contribution in [1.29, 1.82) is 0 Å². The van der Waals surface area contributed by atoms with Crippen molar-refractivity contribution in [2.45, 2.75) is 31.7 Å². The largest absolute Gasteiger partial charge is 0.381 e. The van der Waals surface area contributed by atoms with E-state index >= 15 is 0 Å². The number of fused-ring (bicyclic) bond motifs is 3. The van der Waals surface area contributed by atoms with Gasteiger partial charge in [-0.25, -0.2) is 0 Å². The number of ether oxygens (including phenoxy) is 1. The lowest BCUT2D eigenvalue weighted by atomic mass is 9.89. The van der Waals surface area contributed by atoms with Gasteiger partial charge in [-0.05, 0) is 78.4 Å². The van der Waals surface area contributed by atoms with Crippen LogP contribution in [0.1, 0.15) is 36.6 Å². The monoisotopic (exact) mass is 430 g/mol. The predicted molar refractivity (Wildman–Crippen MR) is 98.6 cm³/mol. The van der Waals surface area contributed by atoms with Crippen LogP contribution in [0.4, 0.5) is 0 Å². The maximum absolute atomic E-state index is 6.26. The standard InChI is InChI=1S/C17H20ClIN2O/c18-11-7-13-12-3-4-20-15(6-10-2-1-5-22-9-10)17(12)21-16(13)14(19)8-11/h7-8,10,15,20-21H,1-6,9H2/t10-,15-/m0/s1. The lowest BCUT2D eigenvalue weighted by molar-refractivity contribution is 0.0470. The first kappa shape index (κ1) is 15.2. The summed E-state index contributed by atoms with van der Waals surface area (Å²) in [5.74, 6) is 0.672. The van der Waals surface area contributed by atoms with E-state index < -0.39 is 0 Å². The molecule has 0 unspecified atom stereocenters. The Morgan fingerprint density at radius 1 is 1.36 bits per heavy atom. The van der Waals surface area contributed by atoms with Crippen LogP contribution in [0.5, 0.6) is 0 Å². The fourth-order valence-electron chi connectivity index (χ4n) is 3.86. The summed E-state index contributed by atoms with van der Waals surface area (Å²) in [5.41, 5.74) is 4.06. The van der Waals surface area contributed by atoms with Gasteiger partial charge in [0, 0.05) is 38.9 Å². The Morgan fingerprint density at radius 2 is 2.27 bits per heavy atom. The zero-order chi connectivity index (χ0) is 15.1. The van der Waals surface area contributed by atoms with Gasteiger partial charge in [0.15, 0.2) is 0 Å². The molecule has 3 nitrogen and oxygen atoms in total. The number of aromatic nitrogens is 1. The summed E-state index contributed by atoms with van der Waals surface area (Å²) < 4.78 is 6.85. The van der Waals surface area contributed by atoms with E-state index in [9.17, 15) is 0 Å². The van der Waals surface area contributed by atoms with E-state index in [1.165, 1.54) is 38.6 Å². The highest BCUT2D eigenvalue weighted by molar-refractivity contribution is 14.1. The van der Waals surface area contributed by atoms with Gasteiger partial charge in [0.25, 0.3) is 0 Å². The molecule has 1 saturated heterocycles. The highest BCUT2D eigenvalue weighted by Crippen LogP contribution is 2.37. The molecule has 1 aromatic heterocycles. The van der Waals surface area contributed by atoms with Crippen LogP contribution >= 0.6 is 34.2 Å². The second-order valence-corrected chi connectivity index (χ2v) is 8.00. The fraction of sp³-hybridized carbons (Fsp3) is 0.529. The number of hydrogen-bond acceptors (Lipinski definition) is 2. The number of halogens is 2. The molecule has 118 valence electrons. The van der Waals surface area contributed by atoms with Crippen molar-refractivity contribution < 1.29 is 4.74 Å². The number of hydrogen-bond donors (Lipinski definition) is 2. The molecule has 2 aliphatic rings. The molecule has 3 heterocycles. The van der Waals surface area contributed by atoms with E-state index in [4.69, 9.17) is 16.3 Å². The zero-order valence-electron chi connectivity index (χ0n) is 12.4. The van der Waals surface area contributed by atoms with Gasteiger partial charge in [0.1, 0.15) is 0 Å². The average Bonchev–Trinajstić information content (AvgIpc) is 2.89. The molecule has 4 rings (SSSR count). The van der Waals surface area contributed by atoms with Gasteiger partial charge in [-0.3, -0.25) is 0 Å². The van der Waals surface area contributed by atoms with Gasteiger partial charge < -0.3 is 15.0 Å². The topological polar surface area (TPSA) is 37.0 Å². The third-order valence-corrected chi connectivity index (χ3v) is 5.97. The minimum absolute atomic E-state index is 0.414. The van der Waals surface area contributed by atoms with Crippen LogP contribution in [0.25, 0.3) is 10.9 Å². The predicted octanol–water partition coefficient (Wildman–Crippen LogP) is 4.43. The summed E-state index contributed by atoms with van der Waals surface area (Å²) >= 11 is 8.64. The van der Waals surface area contributed by atoms with Gasteiger partial charge in [-0.1, -0.05) is 11.6 Å². The summed E-state index contributed by atoms with van der Waals surface area (Å²) in [6.45, 7) is 2.89. The quantitative estimate of drug-likeness (QED) is 0.692. The average molecular weight is 431 g/mol. The van der Waals surface area contributed by atoms with Crippen molar-refractivity contribution in [3.63, 3.8) is 0 Å². The SMILES string of the molecule is Clc1cc(I)c2[nH]c3c(c2c1)CCN[C@H]3C[C@@H]1CCCOC1. The molecule has 2 aliphatic heterocycles. The summed E-state index contributed by atoms with van der Waals surface area (Å²) in [5, 5.41) is 5.83. The summed E-state index contributed by atoms with van der Waals surface area (Å²) in [4.78, 5) is 3.68. The molecule has 1 aromatic carbocycles. The first-order valence-electron chi connectivity index (χ1n) is 8.03. The first-order valence-corrected chi connectivity index (χ1v) is 9.48. The van der Waals surface area contributed by atoms with Crippen molar-refractivity contribution in [2.24, 2.45) is 5.92 Å². The molecule has 5 heteroatoms. The van der Waals surface area contributed by atoms with Crippen molar-refractivity contribution in [2.75, 3.05) is 19.8 Å². The van der Waals surface area contributed by atoms with Crippen molar-refractivity contribution >= 4 is 45.1 Å². The minimum Gasteiger partial charge on any atom is -0.381 e. The molecular weight excluding hydrogens is 411 g/mol. The Bertz CT molecular complexity index is 694. The number of H-pyrrole nitrogens is 1. The van der Waals surface area contributed by atoms with Crippen LogP contribution in [0, 0.1) is 9.49 Å². The van der Waals surface area contributed by atoms with E-state index in [0.717, 1.165) is 37.6 Å². The van der Waals surface area contributed by atoms with Crippen LogP contribution in [0.2, 0.25) is 5.02 Å². The molecule has 1 fully saturated rings. The van der Waals surface area contributed by atoms with Crippen LogP contribution in [-0.2, 0) is 11.2 Å². The Kier molecular flexibility index (Phi) is 4.37. The third kappa shape index (κ3) is 2.79. The van der Waals surface area contributed by atoms with Gasteiger partial charge in [-0.2, -0.15) is 0 Å². The van der Waals surface area contributed by atoms with E-state index in [1.54, 1.807) is 0 Å². The van der Waals surface area contributed by atoms with Gasteiger partial charge in [0.2, 0.25) is 0 Å². The highest BCUT2D eigenvalue weighted by Gasteiger charge is 2.27. The maximum atomic E-state index is 6.26. The smallest absolute Gasteiger partial charge is 0.0596 e. The Morgan fingerprint density at radius 3 is 3.09 bits per heavy atom. The highest BCUT2D eigenvalue weighted by atomic mass is 127. The summed E-state index contributed by atoms with van der Waals surface area (Å²) in [6.07, 6.45) is 4.72. The van der Waals surface area contributed by atoms with Gasteiger partial charge in [-0.15, -0.1) is 0 Å². The van der Waals surface area contributed by atoms with Crippen LogP contribution in [0.15, 0.2) is 12.1 Å². The molecule has 2 atom stereocenters. The molecule has 0 bridgehead atoms. The number of benzene rings is 1. The Labute approximate surface area is 149 Å².